The van der Waals surface area contributed by atoms with E-state index in [4.69, 9.17) is 4.74 Å². The van der Waals surface area contributed by atoms with E-state index in [0.29, 0.717) is 38.5 Å². The Bertz CT molecular complexity index is 1210. The SMILES string of the molecule is CC(C)(C)OC(=O)N1CCN(c2nc3[nH]c(=O)n(CCc4ccccc4)c(=O)c3[nH]2)CC1. The lowest BCUT2D eigenvalue weighted by atomic mass is 10.1. The third kappa shape index (κ3) is 4.68. The number of hydrogen-bond acceptors (Lipinski definition) is 6. The highest BCUT2D eigenvalue weighted by atomic mass is 16.6. The Morgan fingerprint density at radius 3 is 2.41 bits per heavy atom. The van der Waals surface area contributed by atoms with Crippen molar-refractivity contribution in [3.63, 3.8) is 0 Å². The van der Waals surface area contributed by atoms with Gasteiger partial charge in [0, 0.05) is 32.7 Å². The van der Waals surface area contributed by atoms with Crippen LogP contribution in [0, 0.1) is 0 Å². The second kappa shape index (κ2) is 8.52. The summed E-state index contributed by atoms with van der Waals surface area (Å²) in [6.45, 7) is 7.80. The molecule has 3 heterocycles. The van der Waals surface area contributed by atoms with Crippen molar-refractivity contribution in [3.8, 4) is 0 Å². The van der Waals surface area contributed by atoms with Gasteiger partial charge in [0.2, 0.25) is 5.95 Å². The highest BCUT2D eigenvalue weighted by Crippen LogP contribution is 2.17. The van der Waals surface area contributed by atoms with E-state index in [1.165, 1.54) is 4.57 Å². The molecule has 10 nitrogen and oxygen atoms in total. The molecule has 0 spiro atoms. The normalized spacial score (nSPS) is 14.7. The zero-order valence-corrected chi connectivity index (χ0v) is 18.6. The van der Waals surface area contributed by atoms with Crippen molar-refractivity contribution in [1.29, 1.82) is 0 Å². The number of carbonyl (C=O) groups excluding carboxylic acids is 1. The number of nitrogens with zero attached hydrogens (tertiary/aromatic N) is 4. The van der Waals surface area contributed by atoms with Gasteiger partial charge in [-0.25, -0.2) is 9.59 Å². The molecule has 3 aromatic rings. The first-order valence-electron chi connectivity index (χ1n) is 10.7. The van der Waals surface area contributed by atoms with Crippen LogP contribution in [0.4, 0.5) is 10.7 Å². The number of amides is 1. The lowest BCUT2D eigenvalue weighted by Crippen LogP contribution is -2.50. The molecule has 0 saturated carbocycles. The number of anilines is 1. The van der Waals surface area contributed by atoms with Gasteiger partial charge in [-0.1, -0.05) is 30.3 Å². The van der Waals surface area contributed by atoms with Gasteiger partial charge < -0.3 is 19.5 Å². The van der Waals surface area contributed by atoms with E-state index in [2.05, 4.69) is 15.0 Å². The number of aryl methyl sites for hydroxylation is 1. The van der Waals surface area contributed by atoms with Crippen LogP contribution in [0.15, 0.2) is 39.9 Å². The van der Waals surface area contributed by atoms with Gasteiger partial charge in [0.15, 0.2) is 11.2 Å². The van der Waals surface area contributed by atoms with Crippen molar-refractivity contribution in [2.24, 2.45) is 0 Å². The van der Waals surface area contributed by atoms with Gasteiger partial charge in [-0.15, -0.1) is 0 Å². The lowest BCUT2D eigenvalue weighted by molar-refractivity contribution is 0.0240. The van der Waals surface area contributed by atoms with E-state index in [1.54, 1.807) is 4.90 Å². The second-order valence-corrected chi connectivity index (χ2v) is 8.86. The summed E-state index contributed by atoms with van der Waals surface area (Å²) in [5.74, 6) is 0.498. The van der Waals surface area contributed by atoms with Gasteiger partial charge in [-0.2, -0.15) is 4.98 Å². The topological polar surface area (TPSA) is 116 Å². The Balaban J connectivity index is 1.48. The lowest BCUT2D eigenvalue weighted by Gasteiger charge is -2.35. The van der Waals surface area contributed by atoms with Crippen molar-refractivity contribution in [1.82, 2.24) is 24.4 Å². The number of ether oxygens (including phenoxy) is 1. The summed E-state index contributed by atoms with van der Waals surface area (Å²) >= 11 is 0. The molecule has 0 unspecified atom stereocenters. The number of carbonyl (C=O) groups is 1. The molecule has 0 aliphatic carbocycles. The molecule has 4 rings (SSSR count). The first-order valence-corrected chi connectivity index (χ1v) is 10.7. The number of rotatable bonds is 4. The minimum Gasteiger partial charge on any atom is -0.444 e. The maximum Gasteiger partial charge on any atom is 0.410 e. The smallest absolute Gasteiger partial charge is 0.410 e. The van der Waals surface area contributed by atoms with Crippen LogP contribution in [0.2, 0.25) is 0 Å². The molecule has 1 aromatic carbocycles. The number of piperazine rings is 1. The van der Waals surface area contributed by atoms with Crippen LogP contribution in [-0.2, 0) is 17.7 Å². The number of nitrogens with one attached hydrogen (secondary N) is 2. The number of H-pyrrole nitrogens is 2. The molecule has 2 aromatic heterocycles. The second-order valence-electron chi connectivity index (χ2n) is 8.86. The molecule has 1 amide bonds. The predicted molar refractivity (Wildman–Crippen MR) is 121 cm³/mol. The van der Waals surface area contributed by atoms with E-state index in [0.717, 1.165) is 5.56 Å². The van der Waals surface area contributed by atoms with Crippen molar-refractivity contribution >= 4 is 23.2 Å². The van der Waals surface area contributed by atoms with Crippen LogP contribution in [0.3, 0.4) is 0 Å². The molecule has 1 saturated heterocycles. The summed E-state index contributed by atoms with van der Waals surface area (Å²) in [7, 11) is 0. The Hall–Kier alpha value is -3.56. The fraction of sp³-hybridized carbons (Fsp3) is 0.455. The van der Waals surface area contributed by atoms with Gasteiger partial charge in [-0.05, 0) is 32.8 Å². The Labute approximate surface area is 184 Å². The zero-order valence-electron chi connectivity index (χ0n) is 18.6. The molecule has 0 bridgehead atoms. The fourth-order valence-corrected chi connectivity index (χ4v) is 3.67. The van der Waals surface area contributed by atoms with Crippen molar-refractivity contribution < 1.29 is 9.53 Å². The average molecular weight is 441 g/mol. The van der Waals surface area contributed by atoms with E-state index < -0.39 is 16.9 Å². The third-order valence-corrected chi connectivity index (χ3v) is 5.32. The minimum absolute atomic E-state index is 0.237. The number of aromatic nitrogens is 4. The van der Waals surface area contributed by atoms with Gasteiger partial charge in [0.05, 0.1) is 0 Å². The van der Waals surface area contributed by atoms with E-state index in [9.17, 15) is 14.4 Å². The number of hydrogen-bond donors (Lipinski definition) is 2. The van der Waals surface area contributed by atoms with Crippen LogP contribution in [0.5, 0.6) is 0 Å². The largest absolute Gasteiger partial charge is 0.444 e. The number of fused-ring (bicyclic) bond motifs is 1. The maximum atomic E-state index is 12.9. The maximum absolute atomic E-state index is 12.9. The summed E-state index contributed by atoms with van der Waals surface area (Å²) in [4.78, 5) is 51.4. The van der Waals surface area contributed by atoms with Crippen LogP contribution in [0.25, 0.3) is 11.2 Å². The Morgan fingerprint density at radius 2 is 1.75 bits per heavy atom. The van der Waals surface area contributed by atoms with Crippen LogP contribution in [-0.4, -0.2) is 62.3 Å². The summed E-state index contributed by atoms with van der Waals surface area (Å²) in [6, 6.07) is 9.70. The molecule has 170 valence electrons. The minimum atomic E-state index is -0.542. The number of aromatic amines is 2. The summed E-state index contributed by atoms with van der Waals surface area (Å²) in [5.41, 5.74) is 0.131. The number of imidazole rings is 1. The van der Waals surface area contributed by atoms with Crippen molar-refractivity contribution in [2.75, 3.05) is 31.1 Å². The monoisotopic (exact) mass is 440 g/mol. The molecule has 10 heteroatoms. The van der Waals surface area contributed by atoms with Gasteiger partial charge in [-0.3, -0.25) is 14.3 Å². The van der Waals surface area contributed by atoms with Crippen LogP contribution >= 0.6 is 0 Å². The third-order valence-electron chi connectivity index (χ3n) is 5.32. The standard InChI is InChI=1S/C22H28N6O4/c1-22(2,3)32-21(31)27-13-11-26(12-14-27)19-23-16-17(24-19)25-20(30)28(18(16)29)10-9-15-7-5-4-6-8-15/h4-8H,9-14H2,1-3H3,(H,23,24)(H,25,30). The summed E-state index contributed by atoms with van der Waals surface area (Å²) in [6.07, 6.45) is 0.232. The molecular weight excluding hydrogens is 412 g/mol. The Kier molecular flexibility index (Phi) is 5.77. The molecule has 1 aliphatic rings. The number of benzene rings is 1. The molecule has 2 N–H and O–H groups in total. The predicted octanol–water partition coefficient (Wildman–Crippen LogP) is 1.71. The quantitative estimate of drug-likeness (QED) is 0.638. The van der Waals surface area contributed by atoms with Gasteiger partial charge in [0.1, 0.15) is 5.60 Å². The van der Waals surface area contributed by atoms with Crippen molar-refractivity contribution in [2.45, 2.75) is 39.3 Å². The average Bonchev–Trinajstić information content (AvgIpc) is 3.17. The highest BCUT2D eigenvalue weighted by Gasteiger charge is 2.27. The summed E-state index contributed by atoms with van der Waals surface area (Å²) in [5, 5.41) is 0. The molecule has 0 radical (unpaired) electrons. The van der Waals surface area contributed by atoms with Crippen molar-refractivity contribution in [3.05, 3.63) is 56.7 Å². The van der Waals surface area contributed by atoms with Gasteiger partial charge in [0.25, 0.3) is 5.56 Å². The molecular formula is C22H28N6O4. The van der Waals surface area contributed by atoms with E-state index in [-0.39, 0.29) is 23.8 Å². The first kappa shape index (κ1) is 21.7. The molecule has 0 atom stereocenters. The molecule has 32 heavy (non-hydrogen) atoms. The van der Waals surface area contributed by atoms with E-state index >= 15 is 0 Å². The van der Waals surface area contributed by atoms with E-state index in [1.807, 2.05) is 56.0 Å². The molecule has 1 fully saturated rings. The van der Waals surface area contributed by atoms with Gasteiger partial charge >= 0.3 is 11.8 Å². The van der Waals surface area contributed by atoms with Crippen LogP contribution < -0.4 is 16.1 Å². The highest BCUT2D eigenvalue weighted by molar-refractivity contribution is 5.72. The Morgan fingerprint density at radius 1 is 1.06 bits per heavy atom. The van der Waals surface area contributed by atoms with Crippen LogP contribution in [0.1, 0.15) is 26.3 Å². The first-order chi connectivity index (χ1) is 15.2. The summed E-state index contributed by atoms with van der Waals surface area (Å²) < 4.78 is 6.62. The zero-order chi connectivity index (χ0) is 22.9. The molecule has 1 aliphatic heterocycles. The fourth-order valence-electron chi connectivity index (χ4n) is 3.67.